The quantitative estimate of drug-likeness (QED) is 0.931. The zero-order valence-corrected chi connectivity index (χ0v) is 13.2. The number of aromatic nitrogens is 3. The average molecular weight is 320 g/mol. The van der Waals surface area contributed by atoms with Crippen LogP contribution in [-0.4, -0.2) is 52.6 Å². The van der Waals surface area contributed by atoms with Crippen molar-refractivity contribution in [2.45, 2.75) is 6.92 Å². The van der Waals surface area contributed by atoms with Crippen LogP contribution < -0.4 is 10.5 Å². The predicted octanol–water partition coefficient (Wildman–Crippen LogP) is 1.63. The highest BCUT2D eigenvalue weighted by atomic mass is 35.5. The molecule has 2 aromatic rings. The van der Waals surface area contributed by atoms with Gasteiger partial charge in [-0.3, -0.25) is 9.78 Å². The van der Waals surface area contributed by atoms with Gasteiger partial charge in [-0.05, 0) is 18.7 Å². The molecule has 1 aliphatic heterocycles. The third-order valence-electron chi connectivity index (χ3n) is 3.92. The summed E-state index contributed by atoms with van der Waals surface area (Å²) in [4.78, 5) is 27.8. The molecule has 6 nitrogen and oxygen atoms in total. The fourth-order valence-corrected chi connectivity index (χ4v) is 2.79. The molecule has 1 fully saturated rings. The van der Waals surface area contributed by atoms with E-state index in [-0.39, 0.29) is 10.6 Å². The molecule has 1 aliphatic rings. The van der Waals surface area contributed by atoms with Gasteiger partial charge in [-0.15, -0.1) is 0 Å². The molecule has 0 amide bonds. The Morgan fingerprint density at radius 2 is 1.91 bits per heavy atom. The van der Waals surface area contributed by atoms with Crippen LogP contribution in [0.4, 0.5) is 5.82 Å². The Bertz CT molecular complexity index is 695. The summed E-state index contributed by atoms with van der Waals surface area (Å²) >= 11 is 6.18. The lowest BCUT2D eigenvalue weighted by Crippen LogP contribution is -2.47. The number of H-pyrrole nitrogens is 1. The number of nitrogens with one attached hydrogen (secondary N) is 1. The Morgan fingerprint density at radius 1 is 1.23 bits per heavy atom. The van der Waals surface area contributed by atoms with Crippen molar-refractivity contribution in [1.29, 1.82) is 0 Å². The zero-order valence-electron chi connectivity index (χ0n) is 12.4. The van der Waals surface area contributed by atoms with E-state index in [2.05, 4.69) is 31.7 Å². The molecule has 116 valence electrons. The third kappa shape index (κ3) is 2.98. The first-order valence-electron chi connectivity index (χ1n) is 7.36. The van der Waals surface area contributed by atoms with E-state index in [1.165, 1.54) is 0 Å². The van der Waals surface area contributed by atoms with Gasteiger partial charge in [0, 0.05) is 44.1 Å². The molecule has 0 spiro atoms. The van der Waals surface area contributed by atoms with Crippen LogP contribution in [-0.2, 0) is 0 Å². The van der Waals surface area contributed by atoms with Crippen molar-refractivity contribution < 1.29 is 0 Å². The van der Waals surface area contributed by atoms with E-state index in [4.69, 9.17) is 11.6 Å². The van der Waals surface area contributed by atoms with E-state index in [0.29, 0.717) is 11.6 Å². The minimum atomic E-state index is -0.309. The maximum absolute atomic E-state index is 12.1. The number of halogens is 1. The molecule has 0 unspecified atom stereocenters. The van der Waals surface area contributed by atoms with Gasteiger partial charge >= 0.3 is 0 Å². The summed E-state index contributed by atoms with van der Waals surface area (Å²) in [5, 5.41) is 0.155. The predicted molar refractivity (Wildman–Crippen MR) is 87.4 cm³/mol. The molecule has 0 saturated carbocycles. The van der Waals surface area contributed by atoms with Gasteiger partial charge < -0.3 is 14.8 Å². The minimum Gasteiger partial charge on any atom is -0.353 e. The number of piperazine rings is 1. The minimum absolute atomic E-state index is 0.155. The third-order valence-corrected chi connectivity index (χ3v) is 4.26. The summed E-state index contributed by atoms with van der Waals surface area (Å²) in [6.45, 7) is 6.72. The first-order valence-corrected chi connectivity index (χ1v) is 7.74. The molecular formula is C15H18ClN5O. The topological polar surface area (TPSA) is 65.1 Å². The standard InChI is InChI=1S/C15H18ClN5O/c1-2-20-7-9-21(10-8-20)14-12(16)15(22)19-13(18-14)11-3-5-17-6-4-11/h3-6H,2,7-10H2,1H3,(H,18,19,22). The van der Waals surface area contributed by atoms with Crippen LogP contribution in [0.25, 0.3) is 11.4 Å². The number of pyridine rings is 1. The first-order chi connectivity index (χ1) is 10.7. The van der Waals surface area contributed by atoms with Crippen molar-refractivity contribution in [2.75, 3.05) is 37.6 Å². The summed E-state index contributed by atoms with van der Waals surface area (Å²) in [6.07, 6.45) is 3.34. The lowest BCUT2D eigenvalue weighted by molar-refractivity contribution is 0.270. The Morgan fingerprint density at radius 3 is 2.55 bits per heavy atom. The largest absolute Gasteiger partial charge is 0.353 e. The number of rotatable bonds is 3. The fourth-order valence-electron chi connectivity index (χ4n) is 2.58. The fraction of sp³-hybridized carbons (Fsp3) is 0.400. The van der Waals surface area contributed by atoms with Gasteiger partial charge in [0.1, 0.15) is 10.8 Å². The van der Waals surface area contributed by atoms with E-state index in [9.17, 15) is 4.79 Å². The van der Waals surface area contributed by atoms with E-state index >= 15 is 0 Å². The number of aromatic amines is 1. The van der Waals surface area contributed by atoms with Crippen molar-refractivity contribution in [3.8, 4) is 11.4 Å². The average Bonchev–Trinajstić information content (AvgIpc) is 2.58. The molecule has 0 bridgehead atoms. The van der Waals surface area contributed by atoms with Crippen LogP contribution in [0.3, 0.4) is 0 Å². The molecule has 22 heavy (non-hydrogen) atoms. The molecule has 0 aliphatic carbocycles. The molecular weight excluding hydrogens is 302 g/mol. The molecule has 0 aromatic carbocycles. The van der Waals surface area contributed by atoms with Gasteiger partial charge in [-0.1, -0.05) is 18.5 Å². The summed E-state index contributed by atoms with van der Waals surface area (Å²) in [7, 11) is 0. The summed E-state index contributed by atoms with van der Waals surface area (Å²) in [5.74, 6) is 1.08. The van der Waals surface area contributed by atoms with E-state index in [1.807, 2.05) is 12.1 Å². The molecule has 7 heteroatoms. The van der Waals surface area contributed by atoms with Crippen LogP contribution in [0.5, 0.6) is 0 Å². The smallest absolute Gasteiger partial charge is 0.272 e. The highest BCUT2D eigenvalue weighted by molar-refractivity contribution is 6.32. The monoisotopic (exact) mass is 319 g/mol. The summed E-state index contributed by atoms with van der Waals surface area (Å²) in [5.41, 5.74) is 0.508. The van der Waals surface area contributed by atoms with Crippen molar-refractivity contribution >= 4 is 17.4 Å². The van der Waals surface area contributed by atoms with Crippen LogP contribution in [0, 0.1) is 0 Å². The second-order valence-corrected chi connectivity index (χ2v) is 5.59. The zero-order chi connectivity index (χ0) is 15.5. The van der Waals surface area contributed by atoms with E-state index in [1.54, 1.807) is 12.4 Å². The number of hydrogen-bond donors (Lipinski definition) is 1. The molecule has 0 radical (unpaired) electrons. The second-order valence-electron chi connectivity index (χ2n) is 5.21. The Balaban J connectivity index is 1.94. The highest BCUT2D eigenvalue weighted by Crippen LogP contribution is 2.23. The Hall–Kier alpha value is -1.92. The maximum atomic E-state index is 12.1. The lowest BCUT2D eigenvalue weighted by Gasteiger charge is -2.35. The lowest BCUT2D eigenvalue weighted by atomic mass is 10.2. The number of hydrogen-bond acceptors (Lipinski definition) is 5. The van der Waals surface area contributed by atoms with Gasteiger partial charge in [0.15, 0.2) is 5.82 Å². The molecule has 3 heterocycles. The van der Waals surface area contributed by atoms with Crippen LogP contribution >= 0.6 is 11.6 Å². The summed E-state index contributed by atoms with van der Waals surface area (Å²) in [6, 6.07) is 3.62. The molecule has 3 rings (SSSR count). The van der Waals surface area contributed by atoms with Gasteiger partial charge in [-0.2, -0.15) is 0 Å². The van der Waals surface area contributed by atoms with E-state index < -0.39 is 0 Å². The molecule has 1 saturated heterocycles. The normalized spacial score (nSPS) is 16.0. The van der Waals surface area contributed by atoms with Crippen molar-refractivity contribution in [1.82, 2.24) is 19.9 Å². The second kappa shape index (κ2) is 6.46. The number of nitrogens with zero attached hydrogens (tertiary/aromatic N) is 4. The van der Waals surface area contributed by atoms with E-state index in [0.717, 1.165) is 38.3 Å². The van der Waals surface area contributed by atoms with Crippen LogP contribution in [0.15, 0.2) is 29.3 Å². The SMILES string of the molecule is CCN1CCN(c2nc(-c3ccncc3)[nH]c(=O)c2Cl)CC1. The van der Waals surface area contributed by atoms with Crippen molar-refractivity contribution in [2.24, 2.45) is 0 Å². The van der Waals surface area contributed by atoms with Crippen LogP contribution in [0.2, 0.25) is 5.02 Å². The molecule has 0 atom stereocenters. The highest BCUT2D eigenvalue weighted by Gasteiger charge is 2.21. The van der Waals surface area contributed by atoms with Crippen molar-refractivity contribution in [3.05, 3.63) is 39.9 Å². The Kier molecular flexibility index (Phi) is 4.40. The Labute approximate surface area is 133 Å². The number of anilines is 1. The maximum Gasteiger partial charge on any atom is 0.272 e. The number of likely N-dealkylation sites (N-methyl/N-ethyl adjacent to an activating group) is 1. The van der Waals surface area contributed by atoms with Gasteiger partial charge in [0.05, 0.1) is 0 Å². The van der Waals surface area contributed by atoms with Gasteiger partial charge in [-0.25, -0.2) is 4.98 Å². The van der Waals surface area contributed by atoms with Crippen molar-refractivity contribution in [3.63, 3.8) is 0 Å². The van der Waals surface area contributed by atoms with Crippen LogP contribution in [0.1, 0.15) is 6.92 Å². The molecule has 2 aromatic heterocycles. The van der Waals surface area contributed by atoms with Gasteiger partial charge in [0.2, 0.25) is 0 Å². The first kappa shape index (κ1) is 15.0. The molecule has 1 N–H and O–H groups in total. The van der Waals surface area contributed by atoms with Gasteiger partial charge in [0.25, 0.3) is 5.56 Å². The summed E-state index contributed by atoms with van der Waals surface area (Å²) < 4.78 is 0.